The van der Waals surface area contributed by atoms with Gasteiger partial charge in [-0.2, -0.15) is 10.5 Å². The van der Waals surface area contributed by atoms with Crippen LogP contribution in [0.25, 0.3) is 11.1 Å². The van der Waals surface area contributed by atoms with Crippen LogP contribution in [0.2, 0.25) is 5.02 Å². The SMILES string of the molecule is N#Cc1c(N)[nH]c(=O)c(C#N)c1-c1ccc(OC(=O)c2ccc(Cl)cc2)cc1. The molecule has 0 spiro atoms. The number of nitrogen functional groups attached to an aromatic ring is 1. The van der Waals surface area contributed by atoms with Crippen molar-refractivity contribution in [2.45, 2.75) is 0 Å². The molecular weight excluding hydrogens is 380 g/mol. The van der Waals surface area contributed by atoms with E-state index in [1.54, 1.807) is 18.2 Å². The summed E-state index contributed by atoms with van der Waals surface area (Å²) in [7, 11) is 0. The summed E-state index contributed by atoms with van der Waals surface area (Å²) in [6, 6.07) is 15.9. The Morgan fingerprint density at radius 3 is 2.18 bits per heavy atom. The third-order valence-electron chi connectivity index (χ3n) is 3.90. The van der Waals surface area contributed by atoms with Gasteiger partial charge in [0.05, 0.1) is 5.56 Å². The molecule has 2 aromatic carbocycles. The maximum Gasteiger partial charge on any atom is 0.343 e. The molecule has 0 amide bonds. The lowest BCUT2D eigenvalue weighted by Crippen LogP contribution is -2.16. The number of pyridine rings is 1. The normalized spacial score (nSPS) is 9.96. The van der Waals surface area contributed by atoms with Gasteiger partial charge in [-0.05, 0) is 42.0 Å². The quantitative estimate of drug-likeness (QED) is 0.521. The van der Waals surface area contributed by atoms with Crippen molar-refractivity contribution in [3.63, 3.8) is 0 Å². The molecule has 136 valence electrons. The monoisotopic (exact) mass is 390 g/mol. The number of halogens is 1. The third kappa shape index (κ3) is 3.56. The zero-order chi connectivity index (χ0) is 20.3. The topological polar surface area (TPSA) is 133 Å². The smallest absolute Gasteiger partial charge is 0.343 e. The number of hydrogen-bond acceptors (Lipinski definition) is 6. The highest BCUT2D eigenvalue weighted by molar-refractivity contribution is 6.30. The molecule has 0 aliphatic carbocycles. The largest absolute Gasteiger partial charge is 0.423 e. The molecule has 1 aromatic heterocycles. The zero-order valence-electron chi connectivity index (χ0n) is 14.2. The van der Waals surface area contributed by atoms with Crippen molar-refractivity contribution in [2.24, 2.45) is 0 Å². The highest BCUT2D eigenvalue weighted by Gasteiger charge is 2.18. The Kier molecular flexibility index (Phi) is 5.12. The van der Waals surface area contributed by atoms with Gasteiger partial charge in [0.1, 0.15) is 34.8 Å². The molecule has 28 heavy (non-hydrogen) atoms. The highest BCUT2D eigenvalue weighted by atomic mass is 35.5. The average Bonchev–Trinajstić information content (AvgIpc) is 2.68. The van der Waals surface area contributed by atoms with Crippen LogP contribution in [0.1, 0.15) is 21.5 Å². The molecule has 0 unspecified atom stereocenters. The number of carbonyl (C=O) groups is 1. The molecule has 0 radical (unpaired) electrons. The molecule has 0 saturated heterocycles. The fraction of sp³-hybridized carbons (Fsp3) is 0. The van der Waals surface area contributed by atoms with Crippen LogP contribution in [0.4, 0.5) is 5.82 Å². The lowest BCUT2D eigenvalue weighted by molar-refractivity contribution is 0.0735. The van der Waals surface area contributed by atoms with Gasteiger partial charge in [-0.3, -0.25) is 4.79 Å². The predicted molar refractivity (Wildman–Crippen MR) is 103 cm³/mol. The van der Waals surface area contributed by atoms with Gasteiger partial charge in [-0.15, -0.1) is 0 Å². The number of rotatable bonds is 3. The fourth-order valence-corrected chi connectivity index (χ4v) is 2.70. The number of nitrogens with two attached hydrogens (primary N) is 1. The summed E-state index contributed by atoms with van der Waals surface area (Å²) in [5.74, 6) is -0.446. The van der Waals surface area contributed by atoms with E-state index in [-0.39, 0.29) is 28.3 Å². The van der Waals surface area contributed by atoms with Crippen LogP contribution in [0, 0.1) is 22.7 Å². The Labute approximate surface area is 164 Å². The van der Waals surface area contributed by atoms with E-state index >= 15 is 0 Å². The first-order valence-electron chi connectivity index (χ1n) is 7.88. The highest BCUT2D eigenvalue weighted by Crippen LogP contribution is 2.29. The van der Waals surface area contributed by atoms with Crippen LogP contribution in [0.15, 0.2) is 53.3 Å². The molecule has 0 saturated carbocycles. The Hall–Kier alpha value is -4.07. The van der Waals surface area contributed by atoms with Gasteiger partial charge < -0.3 is 15.5 Å². The molecule has 3 aromatic rings. The van der Waals surface area contributed by atoms with Gasteiger partial charge >= 0.3 is 5.97 Å². The van der Waals surface area contributed by atoms with Crippen molar-refractivity contribution >= 4 is 23.4 Å². The lowest BCUT2D eigenvalue weighted by atomic mass is 9.96. The number of nitrogens with zero attached hydrogens (tertiary/aromatic N) is 2. The van der Waals surface area contributed by atoms with E-state index in [2.05, 4.69) is 4.98 Å². The van der Waals surface area contributed by atoms with E-state index in [1.165, 1.54) is 36.4 Å². The molecule has 0 fully saturated rings. The maximum absolute atomic E-state index is 12.2. The van der Waals surface area contributed by atoms with E-state index in [4.69, 9.17) is 22.1 Å². The minimum atomic E-state index is -0.688. The number of aromatic nitrogens is 1. The number of nitriles is 2. The maximum atomic E-state index is 12.2. The summed E-state index contributed by atoms with van der Waals surface area (Å²) in [6.45, 7) is 0. The second-order valence-electron chi connectivity index (χ2n) is 5.64. The van der Waals surface area contributed by atoms with Crippen LogP contribution in [-0.2, 0) is 0 Å². The van der Waals surface area contributed by atoms with Gasteiger partial charge in [0, 0.05) is 10.6 Å². The van der Waals surface area contributed by atoms with Crippen molar-refractivity contribution in [1.82, 2.24) is 4.98 Å². The van der Waals surface area contributed by atoms with Gasteiger partial charge in [-0.1, -0.05) is 23.7 Å². The van der Waals surface area contributed by atoms with E-state index in [0.717, 1.165) is 0 Å². The van der Waals surface area contributed by atoms with Crippen LogP contribution in [-0.4, -0.2) is 11.0 Å². The third-order valence-corrected chi connectivity index (χ3v) is 4.15. The zero-order valence-corrected chi connectivity index (χ0v) is 14.9. The Morgan fingerprint density at radius 2 is 1.61 bits per heavy atom. The Bertz CT molecular complexity index is 1200. The summed E-state index contributed by atoms with van der Waals surface area (Å²) in [6.07, 6.45) is 0. The standard InChI is InChI=1S/C20H11ClN4O3/c21-13-5-1-12(2-6-13)20(27)28-14-7-3-11(4-8-14)17-15(9-22)18(24)25-19(26)16(17)10-23/h1-8H,(H3,24,25,26). The number of ether oxygens (including phenoxy) is 1. The predicted octanol–water partition coefficient (Wildman–Crippen LogP) is 3.24. The molecule has 0 aliphatic heterocycles. The second kappa shape index (κ2) is 7.67. The van der Waals surface area contributed by atoms with Crippen molar-refractivity contribution in [1.29, 1.82) is 10.5 Å². The molecule has 0 bridgehead atoms. The van der Waals surface area contributed by atoms with E-state index < -0.39 is 11.5 Å². The summed E-state index contributed by atoms with van der Waals surface area (Å²) in [5.41, 5.74) is 5.64. The minimum absolute atomic E-state index is 0.0120. The first-order chi connectivity index (χ1) is 13.4. The minimum Gasteiger partial charge on any atom is -0.423 e. The van der Waals surface area contributed by atoms with Gasteiger partial charge in [0.2, 0.25) is 0 Å². The average molecular weight is 391 g/mol. The van der Waals surface area contributed by atoms with Crippen LogP contribution in [0.5, 0.6) is 5.75 Å². The van der Waals surface area contributed by atoms with Gasteiger partial charge in [0.15, 0.2) is 0 Å². The van der Waals surface area contributed by atoms with Crippen molar-refractivity contribution in [2.75, 3.05) is 5.73 Å². The van der Waals surface area contributed by atoms with Gasteiger partial charge in [-0.25, -0.2) is 4.79 Å². The summed E-state index contributed by atoms with van der Waals surface area (Å²) in [5, 5.41) is 19.1. The second-order valence-corrected chi connectivity index (χ2v) is 6.07. The number of aromatic amines is 1. The van der Waals surface area contributed by atoms with Gasteiger partial charge in [0.25, 0.3) is 5.56 Å². The molecular formula is C20H11ClN4O3. The van der Waals surface area contributed by atoms with Crippen LogP contribution < -0.4 is 16.0 Å². The van der Waals surface area contributed by atoms with Crippen molar-refractivity contribution < 1.29 is 9.53 Å². The van der Waals surface area contributed by atoms with E-state index in [0.29, 0.717) is 16.1 Å². The number of carbonyl (C=O) groups excluding carboxylic acids is 1. The molecule has 8 heteroatoms. The molecule has 1 heterocycles. The van der Waals surface area contributed by atoms with Crippen LogP contribution >= 0.6 is 11.6 Å². The molecule has 0 atom stereocenters. The molecule has 0 aliphatic rings. The van der Waals surface area contributed by atoms with Crippen molar-refractivity contribution in [3.05, 3.63) is 80.6 Å². The molecule has 3 rings (SSSR count). The number of nitrogens with one attached hydrogen (secondary N) is 1. The Morgan fingerprint density at radius 1 is 1.00 bits per heavy atom. The summed E-state index contributed by atoms with van der Waals surface area (Å²) >= 11 is 5.79. The first kappa shape index (κ1) is 18.7. The van der Waals surface area contributed by atoms with E-state index in [1.807, 2.05) is 6.07 Å². The number of anilines is 1. The lowest BCUT2D eigenvalue weighted by Gasteiger charge is -2.10. The number of esters is 1. The number of hydrogen-bond donors (Lipinski definition) is 2. The summed E-state index contributed by atoms with van der Waals surface area (Å²) < 4.78 is 5.29. The molecule has 7 nitrogen and oxygen atoms in total. The number of H-pyrrole nitrogens is 1. The summed E-state index contributed by atoms with van der Waals surface area (Å²) in [4.78, 5) is 26.4. The van der Waals surface area contributed by atoms with E-state index in [9.17, 15) is 20.1 Å². The van der Waals surface area contributed by atoms with Crippen LogP contribution in [0.3, 0.4) is 0 Å². The fourth-order valence-electron chi connectivity index (χ4n) is 2.57. The Balaban J connectivity index is 1.95. The molecule has 3 N–H and O–H groups in total. The first-order valence-corrected chi connectivity index (χ1v) is 8.26. The van der Waals surface area contributed by atoms with Crippen molar-refractivity contribution in [3.8, 4) is 29.0 Å². The number of benzene rings is 2.